The van der Waals surface area contributed by atoms with Crippen molar-refractivity contribution in [2.75, 3.05) is 16.6 Å². The third-order valence-corrected chi connectivity index (χ3v) is 4.60. The average Bonchev–Trinajstić information content (AvgIpc) is 2.36. The van der Waals surface area contributed by atoms with Crippen molar-refractivity contribution < 1.29 is 18.3 Å². The first-order valence-corrected chi connectivity index (χ1v) is 7.48. The van der Waals surface area contributed by atoms with Crippen LogP contribution in [0.1, 0.15) is 18.5 Å². The summed E-state index contributed by atoms with van der Waals surface area (Å²) in [4.78, 5) is 14.6. The summed E-state index contributed by atoms with van der Waals surface area (Å²) < 4.78 is 25.2. The van der Waals surface area contributed by atoms with Crippen molar-refractivity contribution in [2.45, 2.75) is 12.8 Å². The maximum atomic E-state index is 11.9. The van der Waals surface area contributed by atoms with E-state index in [4.69, 9.17) is 5.11 Å². The Kier molecular flexibility index (Phi) is 3.84. The van der Waals surface area contributed by atoms with E-state index < -0.39 is 16.0 Å². The molecule has 0 spiro atoms. The van der Waals surface area contributed by atoms with E-state index in [2.05, 4.69) is 4.98 Å². The van der Waals surface area contributed by atoms with E-state index in [9.17, 15) is 13.2 Å². The van der Waals surface area contributed by atoms with E-state index in [1.54, 1.807) is 18.2 Å². The van der Waals surface area contributed by atoms with Gasteiger partial charge in [-0.15, -0.1) is 0 Å². The molecule has 0 aromatic carbocycles. The average molecular weight is 282 g/mol. The van der Waals surface area contributed by atoms with Gasteiger partial charge in [0.1, 0.15) is 5.82 Å². The van der Waals surface area contributed by atoms with Gasteiger partial charge in [-0.1, -0.05) is 6.07 Å². The standard InChI is InChI=1S/C12H14N2O4S/c15-12(16)7-6-10-4-3-5-11(13-10)14-8-1-2-9-19(14,17)18/h3-7H,1-2,8-9H2,(H,15,16)/b7-6+. The van der Waals surface area contributed by atoms with Gasteiger partial charge in [0, 0.05) is 12.6 Å². The molecule has 0 bridgehead atoms. The monoisotopic (exact) mass is 282 g/mol. The molecule has 1 aliphatic rings. The van der Waals surface area contributed by atoms with E-state index in [1.807, 2.05) is 0 Å². The molecule has 0 saturated carbocycles. The number of sulfonamides is 1. The Bertz CT molecular complexity index is 610. The lowest BCUT2D eigenvalue weighted by atomic mass is 10.3. The number of aliphatic carboxylic acids is 1. The Morgan fingerprint density at radius 3 is 2.84 bits per heavy atom. The fourth-order valence-corrected chi connectivity index (χ4v) is 3.46. The van der Waals surface area contributed by atoms with Gasteiger partial charge in [0.05, 0.1) is 11.4 Å². The zero-order valence-electron chi connectivity index (χ0n) is 10.2. The molecule has 0 amide bonds. The van der Waals surface area contributed by atoms with Crippen molar-refractivity contribution in [3.8, 4) is 0 Å². The van der Waals surface area contributed by atoms with Crippen molar-refractivity contribution in [3.05, 3.63) is 30.0 Å². The number of rotatable bonds is 3. The molecule has 0 radical (unpaired) electrons. The van der Waals surface area contributed by atoms with Gasteiger partial charge in [-0.25, -0.2) is 18.2 Å². The minimum atomic E-state index is -3.29. The third kappa shape index (κ3) is 3.31. The van der Waals surface area contributed by atoms with Gasteiger partial charge in [0.25, 0.3) is 0 Å². The van der Waals surface area contributed by atoms with Crippen LogP contribution in [-0.2, 0) is 14.8 Å². The first-order chi connectivity index (χ1) is 8.99. The van der Waals surface area contributed by atoms with Crippen molar-refractivity contribution in [1.29, 1.82) is 0 Å². The lowest BCUT2D eigenvalue weighted by molar-refractivity contribution is -0.131. The molecule has 1 aromatic heterocycles. The first kappa shape index (κ1) is 13.5. The zero-order chi connectivity index (χ0) is 13.9. The fraction of sp³-hybridized carbons (Fsp3) is 0.333. The number of hydrogen-bond donors (Lipinski definition) is 1. The molecule has 2 rings (SSSR count). The van der Waals surface area contributed by atoms with Crippen LogP contribution in [0.3, 0.4) is 0 Å². The molecule has 1 saturated heterocycles. The summed E-state index contributed by atoms with van der Waals surface area (Å²) in [5, 5.41) is 8.56. The number of hydrogen-bond acceptors (Lipinski definition) is 4. The van der Waals surface area contributed by atoms with Gasteiger partial charge >= 0.3 is 5.97 Å². The molecule has 1 fully saturated rings. The summed E-state index contributed by atoms with van der Waals surface area (Å²) in [6, 6.07) is 4.90. The first-order valence-electron chi connectivity index (χ1n) is 5.87. The Labute approximate surface area is 111 Å². The number of pyridine rings is 1. The minimum Gasteiger partial charge on any atom is -0.478 e. The second-order valence-electron chi connectivity index (χ2n) is 4.19. The van der Waals surface area contributed by atoms with Crippen molar-refractivity contribution in [1.82, 2.24) is 4.98 Å². The van der Waals surface area contributed by atoms with Gasteiger partial charge in [0.15, 0.2) is 0 Å². The second kappa shape index (κ2) is 5.40. The Morgan fingerprint density at radius 2 is 2.16 bits per heavy atom. The van der Waals surface area contributed by atoms with Crippen LogP contribution >= 0.6 is 0 Å². The summed E-state index contributed by atoms with van der Waals surface area (Å²) in [5.74, 6) is -0.603. The smallest absolute Gasteiger partial charge is 0.328 e. The molecule has 19 heavy (non-hydrogen) atoms. The normalized spacial score (nSPS) is 18.6. The van der Waals surface area contributed by atoms with Crippen LogP contribution in [0.2, 0.25) is 0 Å². The Hall–Kier alpha value is -1.89. The minimum absolute atomic E-state index is 0.129. The van der Waals surface area contributed by atoms with Gasteiger partial charge in [0.2, 0.25) is 10.0 Å². The molecule has 0 unspecified atom stereocenters. The molecule has 102 valence electrons. The topological polar surface area (TPSA) is 87.6 Å². The van der Waals surface area contributed by atoms with Crippen molar-refractivity contribution in [3.63, 3.8) is 0 Å². The number of aromatic nitrogens is 1. The maximum Gasteiger partial charge on any atom is 0.328 e. The highest BCUT2D eigenvalue weighted by Gasteiger charge is 2.26. The predicted molar refractivity (Wildman–Crippen MR) is 71.3 cm³/mol. The highest BCUT2D eigenvalue weighted by atomic mass is 32.2. The van der Waals surface area contributed by atoms with E-state index in [0.29, 0.717) is 24.5 Å². The van der Waals surface area contributed by atoms with E-state index in [1.165, 1.54) is 10.4 Å². The van der Waals surface area contributed by atoms with E-state index in [-0.39, 0.29) is 5.75 Å². The summed E-state index contributed by atoms with van der Waals surface area (Å²) in [5.41, 5.74) is 0.417. The third-order valence-electron chi connectivity index (χ3n) is 2.76. The highest BCUT2D eigenvalue weighted by Crippen LogP contribution is 2.21. The second-order valence-corrected chi connectivity index (χ2v) is 6.20. The van der Waals surface area contributed by atoms with Crippen LogP contribution in [0.5, 0.6) is 0 Å². The van der Waals surface area contributed by atoms with Crippen molar-refractivity contribution in [2.24, 2.45) is 0 Å². The summed E-state index contributed by atoms with van der Waals surface area (Å²) in [7, 11) is -3.29. The van der Waals surface area contributed by atoms with E-state index >= 15 is 0 Å². The van der Waals surface area contributed by atoms with Crippen LogP contribution in [0.15, 0.2) is 24.3 Å². The SMILES string of the molecule is O=C(O)/C=C/c1cccc(N2CCCCS2(=O)=O)n1. The van der Waals surface area contributed by atoms with Gasteiger partial charge in [-0.05, 0) is 31.1 Å². The van der Waals surface area contributed by atoms with Crippen LogP contribution in [-0.4, -0.2) is 36.8 Å². The predicted octanol–water partition coefficient (Wildman–Crippen LogP) is 1.11. The lowest BCUT2D eigenvalue weighted by Crippen LogP contribution is -2.38. The summed E-state index contributed by atoms with van der Waals surface area (Å²) in [6.45, 7) is 0.418. The van der Waals surface area contributed by atoms with Gasteiger partial charge in [-0.3, -0.25) is 4.31 Å². The van der Waals surface area contributed by atoms with Gasteiger partial charge < -0.3 is 5.11 Å². The van der Waals surface area contributed by atoms with Crippen LogP contribution in [0.4, 0.5) is 5.82 Å². The number of carbonyl (C=O) groups is 1. The number of carboxylic acid groups (broad SMARTS) is 1. The van der Waals surface area contributed by atoms with E-state index in [0.717, 1.165) is 12.5 Å². The van der Waals surface area contributed by atoms with Crippen molar-refractivity contribution >= 4 is 27.9 Å². The molecule has 2 heterocycles. The Morgan fingerprint density at radius 1 is 1.37 bits per heavy atom. The van der Waals surface area contributed by atoms with Crippen LogP contribution in [0, 0.1) is 0 Å². The largest absolute Gasteiger partial charge is 0.478 e. The van der Waals surface area contributed by atoms with Crippen LogP contribution < -0.4 is 4.31 Å². The molecular weight excluding hydrogens is 268 g/mol. The molecule has 0 atom stereocenters. The zero-order valence-corrected chi connectivity index (χ0v) is 11.0. The fourth-order valence-electron chi connectivity index (χ4n) is 1.87. The molecule has 7 heteroatoms. The summed E-state index contributed by atoms with van der Waals surface area (Å²) in [6.07, 6.45) is 3.77. The molecule has 1 aliphatic heterocycles. The van der Waals surface area contributed by atoms with Gasteiger partial charge in [-0.2, -0.15) is 0 Å². The summed E-state index contributed by atoms with van der Waals surface area (Å²) >= 11 is 0. The number of anilines is 1. The molecular formula is C12H14N2O4S. The quantitative estimate of drug-likeness (QED) is 0.839. The molecule has 1 N–H and O–H groups in total. The molecule has 0 aliphatic carbocycles. The molecule has 6 nitrogen and oxygen atoms in total. The lowest BCUT2D eigenvalue weighted by Gasteiger charge is -2.27. The number of nitrogens with zero attached hydrogens (tertiary/aromatic N) is 2. The Balaban J connectivity index is 2.30. The highest BCUT2D eigenvalue weighted by molar-refractivity contribution is 7.92. The molecule has 1 aromatic rings. The number of carboxylic acids is 1. The van der Waals surface area contributed by atoms with Crippen LogP contribution in [0.25, 0.3) is 6.08 Å². The maximum absolute atomic E-state index is 11.9.